The third-order valence-corrected chi connectivity index (χ3v) is 3.67. The van der Waals surface area contributed by atoms with Gasteiger partial charge in [0.1, 0.15) is 5.82 Å². The Bertz CT molecular complexity index is 541. The van der Waals surface area contributed by atoms with E-state index in [2.05, 4.69) is 4.98 Å². The SMILES string of the molecule is COc1cccc2cnc(C3(N)CCCC3)n12. The summed E-state index contributed by atoms with van der Waals surface area (Å²) in [6.07, 6.45) is 6.24. The molecular weight excluding hydrogens is 214 g/mol. The van der Waals surface area contributed by atoms with Gasteiger partial charge in [0.05, 0.1) is 24.4 Å². The molecule has 90 valence electrons. The molecule has 1 aliphatic rings. The molecule has 2 heterocycles. The fourth-order valence-electron chi connectivity index (χ4n) is 2.76. The van der Waals surface area contributed by atoms with Gasteiger partial charge < -0.3 is 10.5 Å². The summed E-state index contributed by atoms with van der Waals surface area (Å²) in [6, 6.07) is 5.94. The lowest BCUT2D eigenvalue weighted by Gasteiger charge is -2.22. The molecule has 0 bridgehead atoms. The molecule has 0 unspecified atom stereocenters. The molecule has 0 radical (unpaired) electrons. The molecule has 0 aromatic carbocycles. The van der Waals surface area contributed by atoms with E-state index < -0.39 is 0 Å². The van der Waals surface area contributed by atoms with Gasteiger partial charge in [-0.15, -0.1) is 0 Å². The number of hydrogen-bond acceptors (Lipinski definition) is 3. The average molecular weight is 231 g/mol. The Kier molecular flexibility index (Phi) is 2.33. The van der Waals surface area contributed by atoms with E-state index in [1.807, 2.05) is 28.8 Å². The molecule has 4 nitrogen and oxygen atoms in total. The molecule has 0 amide bonds. The van der Waals surface area contributed by atoms with Crippen molar-refractivity contribution < 1.29 is 4.74 Å². The molecule has 0 aliphatic heterocycles. The number of fused-ring (bicyclic) bond motifs is 1. The van der Waals surface area contributed by atoms with Crippen LogP contribution in [-0.4, -0.2) is 16.5 Å². The number of aromatic nitrogens is 2. The van der Waals surface area contributed by atoms with Crippen molar-refractivity contribution >= 4 is 5.52 Å². The number of methoxy groups -OCH3 is 1. The normalized spacial score (nSPS) is 18.7. The first-order chi connectivity index (χ1) is 8.24. The first-order valence-electron chi connectivity index (χ1n) is 6.04. The quantitative estimate of drug-likeness (QED) is 0.860. The maximum absolute atomic E-state index is 6.48. The van der Waals surface area contributed by atoms with Crippen molar-refractivity contribution in [1.82, 2.24) is 9.38 Å². The molecule has 0 atom stereocenters. The highest BCUT2D eigenvalue weighted by Gasteiger charge is 2.35. The summed E-state index contributed by atoms with van der Waals surface area (Å²) >= 11 is 0. The summed E-state index contributed by atoms with van der Waals surface area (Å²) in [5.74, 6) is 1.73. The number of nitrogens with two attached hydrogens (primary N) is 1. The smallest absolute Gasteiger partial charge is 0.199 e. The molecule has 1 fully saturated rings. The molecule has 4 heteroatoms. The van der Waals surface area contributed by atoms with Crippen LogP contribution in [0.1, 0.15) is 31.5 Å². The van der Waals surface area contributed by atoms with Crippen LogP contribution in [-0.2, 0) is 5.54 Å². The first-order valence-corrected chi connectivity index (χ1v) is 6.04. The molecule has 1 saturated carbocycles. The summed E-state index contributed by atoms with van der Waals surface area (Å²) in [4.78, 5) is 4.52. The highest BCUT2D eigenvalue weighted by Crippen LogP contribution is 2.36. The Morgan fingerprint density at radius 3 is 2.82 bits per heavy atom. The largest absolute Gasteiger partial charge is 0.482 e. The minimum atomic E-state index is -0.291. The minimum absolute atomic E-state index is 0.291. The van der Waals surface area contributed by atoms with Crippen LogP contribution in [0.3, 0.4) is 0 Å². The molecule has 0 spiro atoms. The van der Waals surface area contributed by atoms with E-state index in [1.165, 1.54) is 12.8 Å². The molecular formula is C13H17N3O. The Morgan fingerprint density at radius 1 is 1.35 bits per heavy atom. The van der Waals surface area contributed by atoms with E-state index in [0.717, 1.165) is 30.1 Å². The summed E-state index contributed by atoms with van der Waals surface area (Å²) in [6.45, 7) is 0. The van der Waals surface area contributed by atoms with Gasteiger partial charge in [-0.1, -0.05) is 18.9 Å². The van der Waals surface area contributed by atoms with Crippen molar-refractivity contribution in [2.75, 3.05) is 7.11 Å². The lowest BCUT2D eigenvalue weighted by atomic mass is 9.98. The standard InChI is InChI=1S/C13H17N3O/c1-17-11-6-4-5-10-9-15-12(16(10)11)13(14)7-2-3-8-13/h4-6,9H,2-3,7-8,14H2,1H3. The fourth-order valence-corrected chi connectivity index (χ4v) is 2.76. The first kappa shape index (κ1) is 10.6. The van der Waals surface area contributed by atoms with E-state index in [-0.39, 0.29) is 5.54 Å². The predicted molar refractivity (Wildman–Crippen MR) is 66.1 cm³/mol. The summed E-state index contributed by atoms with van der Waals surface area (Å²) in [5.41, 5.74) is 7.22. The molecule has 2 N–H and O–H groups in total. The van der Waals surface area contributed by atoms with Crippen LogP contribution in [0.15, 0.2) is 24.4 Å². The van der Waals surface area contributed by atoms with Crippen LogP contribution in [0.2, 0.25) is 0 Å². The van der Waals surface area contributed by atoms with E-state index in [0.29, 0.717) is 0 Å². The van der Waals surface area contributed by atoms with Crippen molar-refractivity contribution in [3.05, 3.63) is 30.2 Å². The van der Waals surface area contributed by atoms with Crippen molar-refractivity contribution in [3.8, 4) is 5.88 Å². The highest BCUT2D eigenvalue weighted by atomic mass is 16.5. The van der Waals surface area contributed by atoms with Crippen LogP contribution in [0.5, 0.6) is 5.88 Å². The molecule has 0 saturated heterocycles. The van der Waals surface area contributed by atoms with Gasteiger partial charge in [-0.05, 0) is 25.0 Å². The van der Waals surface area contributed by atoms with E-state index in [1.54, 1.807) is 7.11 Å². The third kappa shape index (κ3) is 1.52. The number of rotatable bonds is 2. The van der Waals surface area contributed by atoms with Crippen LogP contribution in [0.25, 0.3) is 5.52 Å². The number of imidazole rings is 1. The van der Waals surface area contributed by atoms with Gasteiger partial charge in [0.25, 0.3) is 0 Å². The predicted octanol–water partition coefficient (Wildman–Crippen LogP) is 2.07. The summed E-state index contributed by atoms with van der Waals surface area (Å²) < 4.78 is 7.43. The maximum Gasteiger partial charge on any atom is 0.199 e. The van der Waals surface area contributed by atoms with Gasteiger partial charge >= 0.3 is 0 Å². The minimum Gasteiger partial charge on any atom is -0.482 e. The lowest BCUT2D eigenvalue weighted by Crippen LogP contribution is -2.35. The van der Waals surface area contributed by atoms with Crippen molar-refractivity contribution in [2.45, 2.75) is 31.2 Å². The number of pyridine rings is 1. The number of ether oxygens (including phenoxy) is 1. The zero-order valence-corrected chi connectivity index (χ0v) is 10.0. The Balaban J connectivity index is 2.23. The van der Waals surface area contributed by atoms with Gasteiger partial charge in [-0.3, -0.25) is 4.40 Å². The van der Waals surface area contributed by atoms with Crippen molar-refractivity contribution in [1.29, 1.82) is 0 Å². The molecule has 3 rings (SSSR count). The highest BCUT2D eigenvalue weighted by molar-refractivity contribution is 5.50. The zero-order chi connectivity index (χ0) is 11.9. The van der Waals surface area contributed by atoms with Gasteiger partial charge in [0.15, 0.2) is 5.88 Å². The van der Waals surface area contributed by atoms with E-state index in [4.69, 9.17) is 10.5 Å². The number of nitrogens with zero attached hydrogens (tertiary/aromatic N) is 2. The molecule has 17 heavy (non-hydrogen) atoms. The second-order valence-electron chi connectivity index (χ2n) is 4.77. The summed E-state index contributed by atoms with van der Waals surface area (Å²) in [5, 5.41) is 0. The van der Waals surface area contributed by atoms with Crippen LogP contribution >= 0.6 is 0 Å². The summed E-state index contributed by atoms with van der Waals surface area (Å²) in [7, 11) is 1.68. The Morgan fingerprint density at radius 2 is 2.12 bits per heavy atom. The van der Waals surface area contributed by atoms with Gasteiger partial charge in [-0.25, -0.2) is 4.98 Å². The van der Waals surface area contributed by atoms with E-state index in [9.17, 15) is 0 Å². The molecule has 2 aromatic heterocycles. The second-order valence-corrected chi connectivity index (χ2v) is 4.77. The van der Waals surface area contributed by atoms with Crippen molar-refractivity contribution in [3.63, 3.8) is 0 Å². The topological polar surface area (TPSA) is 52.5 Å². The fraction of sp³-hybridized carbons (Fsp3) is 0.462. The Labute approximate surface area is 100 Å². The maximum atomic E-state index is 6.48. The lowest BCUT2D eigenvalue weighted by molar-refractivity contribution is 0.372. The van der Waals surface area contributed by atoms with Gasteiger partial charge in [-0.2, -0.15) is 0 Å². The van der Waals surface area contributed by atoms with Crippen molar-refractivity contribution in [2.24, 2.45) is 5.73 Å². The third-order valence-electron chi connectivity index (χ3n) is 3.67. The number of hydrogen-bond donors (Lipinski definition) is 1. The van der Waals surface area contributed by atoms with E-state index >= 15 is 0 Å². The molecule has 2 aromatic rings. The Hall–Kier alpha value is -1.55. The van der Waals surface area contributed by atoms with Gasteiger partial charge in [0.2, 0.25) is 0 Å². The monoisotopic (exact) mass is 231 g/mol. The van der Waals surface area contributed by atoms with Crippen LogP contribution < -0.4 is 10.5 Å². The van der Waals surface area contributed by atoms with Gasteiger partial charge in [0, 0.05) is 0 Å². The second kappa shape index (κ2) is 3.74. The average Bonchev–Trinajstić information content (AvgIpc) is 2.95. The molecule has 1 aliphatic carbocycles. The van der Waals surface area contributed by atoms with Crippen LogP contribution in [0, 0.1) is 0 Å². The van der Waals surface area contributed by atoms with Crippen LogP contribution in [0.4, 0.5) is 0 Å². The zero-order valence-electron chi connectivity index (χ0n) is 10.0.